The van der Waals surface area contributed by atoms with Gasteiger partial charge in [0.15, 0.2) is 5.82 Å². The first-order valence-electron chi connectivity index (χ1n) is 8.84. The van der Waals surface area contributed by atoms with Crippen molar-refractivity contribution in [3.63, 3.8) is 0 Å². The average molecular weight is 405 g/mol. The Bertz CT molecular complexity index is 932. The number of ether oxygens (including phenoxy) is 1. The van der Waals surface area contributed by atoms with Gasteiger partial charge in [-0.2, -0.15) is 4.98 Å². The molecule has 0 bridgehead atoms. The molecule has 1 aromatic heterocycles. The molecule has 1 atom stereocenters. The number of nitrogens with zero attached hydrogens (tertiary/aromatic N) is 3. The molecule has 1 aliphatic rings. The third-order valence-corrected chi connectivity index (χ3v) is 4.87. The fourth-order valence-electron chi connectivity index (χ4n) is 3.23. The minimum Gasteiger partial charge on any atom is -0.497 e. The van der Waals surface area contributed by atoms with Crippen LogP contribution in [0.25, 0.3) is 22.6 Å². The number of halogens is 2. The third-order valence-electron chi connectivity index (χ3n) is 4.87. The minimum absolute atomic E-state index is 0. The van der Waals surface area contributed by atoms with Gasteiger partial charge in [0.1, 0.15) is 11.6 Å². The number of nitrogens with one attached hydrogen (secondary N) is 1. The largest absolute Gasteiger partial charge is 0.497 e. The van der Waals surface area contributed by atoms with Gasteiger partial charge in [-0.3, -0.25) is 4.90 Å². The van der Waals surface area contributed by atoms with Gasteiger partial charge in [0.25, 0.3) is 5.89 Å². The molecule has 2 heterocycles. The maximum atomic E-state index is 14.7. The Balaban J connectivity index is 0.00000225. The Labute approximate surface area is 169 Å². The second-order valence-electron chi connectivity index (χ2n) is 6.58. The summed E-state index contributed by atoms with van der Waals surface area (Å²) < 4.78 is 25.2. The van der Waals surface area contributed by atoms with E-state index in [0.29, 0.717) is 11.4 Å². The number of benzene rings is 2. The highest BCUT2D eigenvalue weighted by Crippen LogP contribution is 2.29. The number of hydrogen-bond acceptors (Lipinski definition) is 6. The summed E-state index contributed by atoms with van der Waals surface area (Å²) in [6, 6.07) is 12.5. The summed E-state index contributed by atoms with van der Waals surface area (Å²) in [5, 5.41) is 7.37. The zero-order valence-electron chi connectivity index (χ0n) is 15.7. The molecule has 0 amide bonds. The van der Waals surface area contributed by atoms with E-state index in [4.69, 9.17) is 9.26 Å². The summed E-state index contributed by atoms with van der Waals surface area (Å²) in [7, 11) is 3.63. The van der Waals surface area contributed by atoms with Crippen molar-refractivity contribution < 1.29 is 13.7 Å². The highest BCUT2D eigenvalue weighted by molar-refractivity contribution is 5.85. The fraction of sp³-hybridized carbons (Fsp3) is 0.300. The molecule has 0 aliphatic carbocycles. The van der Waals surface area contributed by atoms with Crippen molar-refractivity contribution in [2.45, 2.75) is 6.04 Å². The van der Waals surface area contributed by atoms with Crippen LogP contribution in [-0.4, -0.2) is 48.8 Å². The van der Waals surface area contributed by atoms with Crippen LogP contribution in [0.15, 0.2) is 47.0 Å². The lowest BCUT2D eigenvalue weighted by Gasteiger charge is -2.30. The molecule has 0 radical (unpaired) electrons. The summed E-state index contributed by atoms with van der Waals surface area (Å²) in [6.45, 7) is 2.58. The third kappa shape index (κ3) is 4.01. The van der Waals surface area contributed by atoms with Crippen LogP contribution in [-0.2, 0) is 0 Å². The van der Waals surface area contributed by atoms with Crippen molar-refractivity contribution >= 4 is 12.4 Å². The van der Waals surface area contributed by atoms with Crippen molar-refractivity contribution in [1.82, 2.24) is 20.4 Å². The second-order valence-corrected chi connectivity index (χ2v) is 6.58. The monoisotopic (exact) mass is 404 g/mol. The molecule has 6 nitrogen and oxygen atoms in total. The van der Waals surface area contributed by atoms with Crippen LogP contribution in [0.5, 0.6) is 5.75 Å². The summed E-state index contributed by atoms with van der Waals surface area (Å²) in [5.74, 6) is 1.13. The highest BCUT2D eigenvalue weighted by Gasteiger charge is 2.26. The van der Waals surface area contributed by atoms with Crippen LogP contribution in [0.2, 0.25) is 0 Å². The fourth-order valence-corrected chi connectivity index (χ4v) is 3.23. The van der Waals surface area contributed by atoms with Crippen molar-refractivity contribution in [3.05, 3.63) is 54.1 Å². The lowest BCUT2D eigenvalue weighted by Crippen LogP contribution is -2.44. The second kappa shape index (κ2) is 8.68. The van der Waals surface area contributed by atoms with Crippen LogP contribution in [0.3, 0.4) is 0 Å². The molecule has 3 aromatic rings. The van der Waals surface area contributed by atoms with Gasteiger partial charge in [-0.05, 0) is 42.4 Å². The summed E-state index contributed by atoms with van der Waals surface area (Å²) >= 11 is 0. The SMILES string of the molecule is COc1ccc(-c2ccc(-c3nc(C4CNCCN4C)no3)c(F)c2)cc1.Cl. The smallest absolute Gasteiger partial charge is 0.260 e. The molecular formula is C20H22ClFN4O2. The van der Waals surface area contributed by atoms with E-state index < -0.39 is 5.82 Å². The highest BCUT2D eigenvalue weighted by atomic mass is 35.5. The van der Waals surface area contributed by atoms with Crippen LogP contribution < -0.4 is 10.1 Å². The average Bonchev–Trinajstić information content (AvgIpc) is 3.18. The zero-order valence-corrected chi connectivity index (χ0v) is 16.5. The Kier molecular flexibility index (Phi) is 6.28. The number of piperazine rings is 1. The zero-order chi connectivity index (χ0) is 18.8. The summed E-state index contributed by atoms with van der Waals surface area (Å²) in [5.41, 5.74) is 1.98. The van der Waals surface area contributed by atoms with Crippen molar-refractivity contribution in [2.75, 3.05) is 33.8 Å². The van der Waals surface area contributed by atoms with Crippen LogP contribution in [0.4, 0.5) is 4.39 Å². The number of aromatic nitrogens is 2. The minimum atomic E-state index is -0.395. The van der Waals surface area contributed by atoms with Crippen molar-refractivity contribution in [2.24, 2.45) is 0 Å². The molecule has 8 heteroatoms. The van der Waals surface area contributed by atoms with Gasteiger partial charge < -0.3 is 14.6 Å². The van der Waals surface area contributed by atoms with E-state index in [0.717, 1.165) is 36.5 Å². The van der Waals surface area contributed by atoms with E-state index >= 15 is 0 Å². The van der Waals surface area contributed by atoms with E-state index in [-0.39, 0.29) is 24.3 Å². The molecule has 1 fully saturated rings. The Morgan fingerprint density at radius 3 is 2.61 bits per heavy atom. The first-order valence-corrected chi connectivity index (χ1v) is 8.84. The van der Waals surface area contributed by atoms with E-state index in [1.165, 1.54) is 6.07 Å². The molecular weight excluding hydrogens is 383 g/mol. The maximum Gasteiger partial charge on any atom is 0.260 e. The first-order chi connectivity index (χ1) is 13.2. The molecule has 1 unspecified atom stereocenters. The topological polar surface area (TPSA) is 63.4 Å². The van der Waals surface area contributed by atoms with Crippen LogP contribution in [0.1, 0.15) is 11.9 Å². The molecule has 1 N–H and O–H groups in total. The van der Waals surface area contributed by atoms with Gasteiger partial charge in [0, 0.05) is 19.6 Å². The van der Waals surface area contributed by atoms with Gasteiger partial charge in [0.2, 0.25) is 0 Å². The number of hydrogen-bond donors (Lipinski definition) is 1. The van der Waals surface area contributed by atoms with E-state index in [2.05, 4.69) is 20.4 Å². The maximum absolute atomic E-state index is 14.7. The van der Waals surface area contributed by atoms with Gasteiger partial charge >= 0.3 is 0 Å². The standard InChI is InChI=1S/C20H21FN4O2.ClH/c1-25-10-9-22-12-18(25)19-23-20(27-24-19)16-8-5-14(11-17(16)21)13-3-6-15(26-2)7-4-13;/h3-8,11,18,22H,9-10,12H2,1-2H3;1H. The van der Waals surface area contributed by atoms with Crippen molar-refractivity contribution in [3.8, 4) is 28.3 Å². The van der Waals surface area contributed by atoms with E-state index in [1.54, 1.807) is 13.2 Å². The molecule has 0 saturated carbocycles. The van der Waals surface area contributed by atoms with Crippen molar-refractivity contribution in [1.29, 1.82) is 0 Å². The van der Waals surface area contributed by atoms with Gasteiger partial charge in [0.05, 0.1) is 18.7 Å². The van der Waals surface area contributed by atoms with E-state index in [9.17, 15) is 4.39 Å². The predicted octanol–water partition coefficient (Wildman–Crippen LogP) is 3.55. The Morgan fingerprint density at radius 1 is 1.18 bits per heavy atom. The molecule has 148 valence electrons. The van der Waals surface area contributed by atoms with Gasteiger partial charge in [-0.1, -0.05) is 23.4 Å². The van der Waals surface area contributed by atoms with Crippen LogP contribution in [0, 0.1) is 5.82 Å². The lowest BCUT2D eigenvalue weighted by molar-refractivity contribution is 0.190. The lowest BCUT2D eigenvalue weighted by atomic mass is 10.0. The molecule has 1 aliphatic heterocycles. The predicted molar refractivity (Wildman–Crippen MR) is 107 cm³/mol. The number of likely N-dealkylation sites (N-methyl/N-ethyl adjacent to an activating group) is 1. The van der Waals surface area contributed by atoms with Gasteiger partial charge in [-0.25, -0.2) is 4.39 Å². The van der Waals surface area contributed by atoms with Gasteiger partial charge in [-0.15, -0.1) is 12.4 Å². The molecule has 1 saturated heterocycles. The molecule has 28 heavy (non-hydrogen) atoms. The van der Waals surface area contributed by atoms with Crippen LogP contribution >= 0.6 is 12.4 Å². The number of rotatable bonds is 4. The van der Waals surface area contributed by atoms with E-state index in [1.807, 2.05) is 37.4 Å². The number of methoxy groups -OCH3 is 1. The normalized spacial score (nSPS) is 17.2. The molecule has 2 aromatic carbocycles. The summed E-state index contributed by atoms with van der Waals surface area (Å²) in [6.07, 6.45) is 0. The first kappa shape index (κ1) is 20.3. The Morgan fingerprint density at radius 2 is 1.93 bits per heavy atom. The Hall–Kier alpha value is -2.48. The summed E-state index contributed by atoms with van der Waals surface area (Å²) in [4.78, 5) is 6.59. The molecule has 4 rings (SSSR count). The molecule has 0 spiro atoms. The quantitative estimate of drug-likeness (QED) is 0.717.